The van der Waals surface area contributed by atoms with Gasteiger partial charge >= 0.3 is 12.1 Å². The lowest BCUT2D eigenvalue weighted by Crippen LogP contribution is -2.44. The van der Waals surface area contributed by atoms with Gasteiger partial charge in [0.1, 0.15) is 5.60 Å². The number of fused-ring (bicyclic) bond motifs is 1. The normalized spacial score (nSPS) is 20.4. The summed E-state index contributed by atoms with van der Waals surface area (Å²) in [5.74, 6) is -1.35. The number of hydrogen-bond donors (Lipinski definition) is 1. The molecular weight excluding hydrogens is 386 g/mol. The molecule has 30 heavy (non-hydrogen) atoms. The van der Waals surface area contributed by atoms with E-state index in [1.165, 1.54) is 4.57 Å². The van der Waals surface area contributed by atoms with Crippen LogP contribution in [0.1, 0.15) is 70.4 Å². The maximum Gasteiger partial charge on any atom is 0.410 e. The van der Waals surface area contributed by atoms with Crippen molar-refractivity contribution >= 4 is 23.1 Å². The molecule has 1 aromatic heterocycles. The van der Waals surface area contributed by atoms with Crippen LogP contribution < -0.4 is 5.56 Å². The summed E-state index contributed by atoms with van der Waals surface area (Å²) in [6, 6.07) is 6.60. The summed E-state index contributed by atoms with van der Waals surface area (Å²) in [6.07, 6.45) is 1.80. The van der Waals surface area contributed by atoms with Crippen molar-refractivity contribution in [2.24, 2.45) is 0 Å². The monoisotopic (exact) mass is 415 g/mol. The van der Waals surface area contributed by atoms with Crippen molar-refractivity contribution in [3.05, 3.63) is 40.3 Å². The Morgan fingerprint density at radius 1 is 1.27 bits per heavy atom. The third kappa shape index (κ3) is 4.32. The number of nitrogens with zero attached hydrogens (tertiary/aromatic N) is 3. The summed E-state index contributed by atoms with van der Waals surface area (Å²) in [5, 5.41) is 9.43. The number of aromatic nitrogens is 2. The number of aromatic carboxylic acids is 1. The molecule has 0 saturated carbocycles. The van der Waals surface area contributed by atoms with E-state index in [-0.39, 0.29) is 24.2 Å². The molecule has 1 amide bonds. The van der Waals surface area contributed by atoms with Gasteiger partial charge in [-0.1, -0.05) is 12.1 Å². The van der Waals surface area contributed by atoms with Crippen molar-refractivity contribution in [3.63, 3.8) is 0 Å². The molecule has 0 spiro atoms. The molecule has 1 aliphatic rings. The van der Waals surface area contributed by atoms with E-state index in [2.05, 4.69) is 4.98 Å². The van der Waals surface area contributed by atoms with E-state index in [1.807, 2.05) is 34.6 Å². The molecule has 0 aliphatic carbocycles. The first-order chi connectivity index (χ1) is 14.0. The molecule has 0 unspecified atom stereocenters. The maximum atomic E-state index is 12.9. The SMILES string of the molecule is C[C@H]1CC[C@@H](C[C@H](C)n2c(=O)c(C(=O)O)nc3ccccc32)N1C(=O)OC(C)(C)C. The Hall–Kier alpha value is -2.90. The zero-order chi connectivity index (χ0) is 22.2. The number of carboxylic acid groups (broad SMARTS) is 1. The van der Waals surface area contributed by atoms with Gasteiger partial charge in [-0.25, -0.2) is 14.6 Å². The number of hydrogen-bond acceptors (Lipinski definition) is 5. The molecule has 1 saturated heterocycles. The number of para-hydroxylation sites is 2. The van der Waals surface area contributed by atoms with Gasteiger partial charge in [-0.05, 0) is 66.0 Å². The number of carbonyl (C=O) groups is 2. The second-order valence-corrected chi connectivity index (χ2v) is 8.98. The molecule has 1 aromatic carbocycles. The van der Waals surface area contributed by atoms with E-state index in [0.717, 1.165) is 12.8 Å². The highest BCUT2D eigenvalue weighted by molar-refractivity contribution is 5.88. The largest absolute Gasteiger partial charge is 0.476 e. The second-order valence-electron chi connectivity index (χ2n) is 8.98. The average Bonchev–Trinajstić information content (AvgIpc) is 2.99. The molecule has 2 heterocycles. The summed E-state index contributed by atoms with van der Waals surface area (Å²) >= 11 is 0. The predicted octanol–water partition coefficient (Wildman–Crippen LogP) is 3.83. The summed E-state index contributed by atoms with van der Waals surface area (Å²) in [6.45, 7) is 9.36. The molecule has 1 fully saturated rings. The Bertz CT molecular complexity index is 1020. The lowest BCUT2D eigenvalue weighted by atomic mass is 10.1. The number of ether oxygens (including phenoxy) is 1. The van der Waals surface area contributed by atoms with E-state index < -0.39 is 22.8 Å². The Kier molecular flexibility index (Phi) is 5.87. The van der Waals surface area contributed by atoms with Crippen LogP contribution >= 0.6 is 0 Å². The number of rotatable bonds is 4. The van der Waals surface area contributed by atoms with Crippen molar-refractivity contribution in [3.8, 4) is 0 Å². The van der Waals surface area contributed by atoms with Crippen molar-refractivity contribution in [1.29, 1.82) is 0 Å². The lowest BCUT2D eigenvalue weighted by Gasteiger charge is -2.33. The van der Waals surface area contributed by atoms with Crippen LogP contribution in [0.3, 0.4) is 0 Å². The van der Waals surface area contributed by atoms with Crippen LogP contribution in [0.15, 0.2) is 29.1 Å². The molecule has 8 heteroatoms. The smallest absolute Gasteiger partial charge is 0.410 e. The molecule has 1 aliphatic heterocycles. The van der Waals surface area contributed by atoms with E-state index in [9.17, 15) is 19.5 Å². The lowest BCUT2D eigenvalue weighted by molar-refractivity contribution is 0.0144. The quantitative estimate of drug-likeness (QED) is 0.814. The third-order valence-electron chi connectivity index (χ3n) is 5.44. The number of amides is 1. The van der Waals surface area contributed by atoms with Gasteiger partial charge in [-0.3, -0.25) is 4.79 Å². The fraction of sp³-hybridized carbons (Fsp3) is 0.545. The van der Waals surface area contributed by atoms with Crippen LogP contribution in [-0.4, -0.2) is 49.3 Å². The van der Waals surface area contributed by atoms with Crippen molar-refractivity contribution in [1.82, 2.24) is 14.5 Å². The number of carbonyl (C=O) groups excluding carboxylic acids is 1. The highest BCUT2D eigenvalue weighted by atomic mass is 16.6. The van der Waals surface area contributed by atoms with Crippen LogP contribution in [0, 0.1) is 0 Å². The van der Waals surface area contributed by atoms with Crippen LogP contribution in [0.2, 0.25) is 0 Å². The Balaban J connectivity index is 1.95. The number of carboxylic acids is 1. The highest BCUT2D eigenvalue weighted by Gasteiger charge is 2.38. The molecule has 3 rings (SSSR count). The van der Waals surface area contributed by atoms with Gasteiger partial charge in [0, 0.05) is 18.1 Å². The zero-order valence-corrected chi connectivity index (χ0v) is 18.1. The second kappa shape index (κ2) is 8.08. The van der Waals surface area contributed by atoms with E-state index in [4.69, 9.17) is 4.74 Å². The molecule has 162 valence electrons. The molecule has 0 radical (unpaired) electrons. The van der Waals surface area contributed by atoms with Crippen LogP contribution in [0.25, 0.3) is 11.0 Å². The van der Waals surface area contributed by atoms with Crippen LogP contribution in [0.5, 0.6) is 0 Å². The Labute approximate surface area is 175 Å². The molecule has 2 aromatic rings. The third-order valence-corrected chi connectivity index (χ3v) is 5.44. The summed E-state index contributed by atoms with van der Waals surface area (Å²) in [5.41, 5.74) is -0.697. The van der Waals surface area contributed by atoms with Gasteiger partial charge < -0.3 is 19.3 Å². The first kappa shape index (κ1) is 21.8. The highest BCUT2D eigenvalue weighted by Crippen LogP contribution is 2.32. The number of likely N-dealkylation sites (tertiary alicyclic amines) is 1. The standard InChI is InChI=1S/C22H29N3O5/c1-13-10-11-15(24(13)21(29)30-22(3,4)5)12-14(2)25-17-9-7-6-8-16(17)23-18(19(25)26)20(27)28/h6-9,13-15H,10-12H2,1-5H3,(H,27,28)/t13-,14-,15-/m0/s1. The molecule has 1 N–H and O–H groups in total. The minimum atomic E-state index is -1.35. The number of benzene rings is 1. The molecule has 3 atom stereocenters. The average molecular weight is 415 g/mol. The topological polar surface area (TPSA) is 102 Å². The van der Waals surface area contributed by atoms with Gasteiger partial charge in [0.2, 0.25) is 5.69 Å². The van der Waals surface area contributed by atoms with E-state index in [0.29, 0.717) is 17.5 Å². The maximum absolute atomic E-state index is 12.9. The predicted molar refractivity (Wildman–Crippen MR) is 113 cm³/mol. The minimum Gasteiger partial charge on any atom is -0.476 e. The zero-order valence-electron chi connectivity index (χ0n) is 18.1. The summed E-state index contributed by atoms with van der Waals surface area (Å²) in [4.78, 5) is 43.0. The van der Waals surface area contributed by atoms with Gasteiger partial charge in [0.15, 0.2) is 0 Å². The van der Waals surface area contributed by atoms with Crippen molar-refractivity contribution in [2.75, 3.05) is 0 Å². The molecule has 8 nitrogen and oxygen atoms in total. The first-order valence-electron chi connectivity index (χ1n) is 10.3. The van der Waals surface area contributed by atoms with Crippen LogP contribution in [-0.2, 0) is 4.74 Å². The summed E-state index contributed by atoms with van der Waals surface area (Å²) < 4.78 is 7.07. The van der Waals surface area contributed by atoms with Gasteiger partial charge in [0.05, 0.1) is 11.0 Å². The first-order valence-corrected chi connectivity index (χ1v) is 10.3. The van der Waals surface area contributed by atoms with Crippen molar-refractivity contribution < 1.29 is 19.4 Å². The minimum absolute atomic E-state index is 0.0394. The van der Waals surface area contributed by atoms with Crippen molar-refractivity contribution in [2.45, 2.75) is 77.6 Å². The molecule has 0 bridgehead atoms. The Morgan fingerprint density at radius 3 is 2.57 bits per heavy atom. The molecular formula is C22H29N3O5. The van der Waals surface area contributed by atoms with Gasteiger partial charge in [-0.2, -0.15) is 0 Å². The fourth-order valence-corrected chi connectivity index (χ4v) is 4.18. The van der Waals surface area contributed by atoms with Gasteiger partial charge in [-0.15, -0.1) is 0 Å². The Morgan fingerprint density at radius 2 is 1.93 bits per heavy atom. The van der Waals surface area contributed by atoms with Crippen LogP contribution in [0.4, 0.5) is 4.79 Å². The van der Waals surface area contributed by atoms with E-state index in [1.54, 1.807) is 29.2 Å². The fourth-order valence-electron chi connectivity index (χ4n) is 4.18. The van der Waals surface area contributed by atoms with E-state index >= 15 is 0 Å². The van der Waals surface area contributed by atoms with Gasteiger partial charge in [0.25, 0.3) is 5.56 Å². The summed E-state index contributed by atoms with van der Waals surface area (Å²) in [7, 11) is 0.